The van der Waals surface area contributed by atoms with E-state index in [9.17, 15) is 0 Å². The van der Waals surface area contributed by atoms with Gasteiger partial charge in [-0.2, -0.15) is 0 Å². The van der Waals surface area contributed by atoms with Crippen LogP contribution >= 0.6 is 0 Å². The molecule has 1 heterocycles. The second-order valence-electron chi connectivity index (χ2n) is 6.01. The third-order valence-corrected chi connectivity index (χ3v) is 5.74. The molecule has 0 aromatic heterocycles. The number of allylic oxidation sites excluding steroid dienone is 7. The zero-order valence-corrected chi connectivity index (χ0v) is 13.2. The Labute approximate surface area is 117 Å². The van der Waals surface area contributed by atoms with E-state index in [1.54, 1.807) is 5.17 Å². The Balaban J connectivity index is 2.19. The smallest absolute Gasteiger partial charge is 0.0671 e. The Hall–Kier alpha value is -1.28. The second kappa shape index (κ2) is 4.68. The van der Waals surface area contributed by atoms with Crippen LogP contribution in [0.3, 0.4) is 0 Å². The number of rotatable bonds is 2. The summed E-state index contributed by atoms with van der Waals surface area (Å²) in [6.45, 7) is 9.31. The molecule has 0 radical (unpaired) electrons. The lowest BCUT2D eigenvalue weighted by molar-refractivity contribution is 0.867. The van der Waals surface area contributed by atoms with E-state index in [0.29, 0.717) is 11.8 Å². The van der Waals surface area contributed by atoms with E-state index in [0.717, 1.165) is 6.42 Å². The number of hydrogen-bond donors (Lipinski definition) is 0. The minimum absolute atomic E-state index is 0.390. The molecule has 0 bridgehead atoms. The summed E-state index contributed by atoms with van der Waals surface area (Å²) in [4.78, 5) is 4.94. The van der Waals surface area contributed by atoms with Crippen LogP contribution in [0.2, 0.25) is 13.1 Å². The SMILES string of the molecule is CC(C)C1=NC2=CCC(=[Si](C)C)C2=C1C1C=CC=C1. The van der Waals surface area contributed by atoms with Crippen molar-refractivity contribution in [1.82, 2.24) is 0 Å². The molecule has 0 unspecified atom stereocenters. The van der Waals surface area contributed by atoms with Gasteiger partial charge in [-0.15, -0.1) is 0 Å². The van der Waals surface area contributed by atoms with Gasteiger partial charge in [-0.3, -0.25) is 4.99 Å². The Bertz CT molecular complexity index is 593. The third-order valence-electron chi connectivity index (χ3n) is 4.08. The molecule has 1 aliphatic heterocycles. The van der Waals surface area contributed by atoms with E-state index in [4.69, 9.17) is 4.99 Å². The Kier molecular flexibility index (Phi) is 3.13. The molecule has 3 rings (SSSR count). The summed E-state index contributed by atoms with van der Waals surface area (Å²) in [5, 5.41) is 1.67. The quantitative estimate of drug-likeness (QED) is 0.672. The van der Waals surface area contributed by atoms with Gasteiger partial charge in [-0.1, -0.05) is 62.5 Å². The van der Waals surface area contributed by atoms with Gasteiger partial charge in [-0.05, 0) is 17.9 Å². The maximum atomic E-state index is 4.94. The van der Waals surface area contributed by atoms with Crippen LogP contribution in [0.1, 0.15) is 20.3 Å². The molecule has 19 heavy (non-hydrogen) atoms. The standard InChI is InChI=1S/C17H21NSi/c1-11(2)17-15(12-7-5-6-8-12)16-13(18-17)9-10-14(16)19(3)4/h5-9,11-12H,10H2,1-4H3. The zero-order chi connectivity index (χ0) is 13.6. The topological polar surface area (TPSA) is 12.4 Å². The number of hydrogen-bond acceptors (Lipinski definition) is 1. The van der Waals surface area contributed by atoms with Crippen molar-refractivity contribution in [3.63, 3.8) is 0 Å². The van der Waals surface area contributed by atoms with E-state index in [1.165, 1.54) is 22.6 Å². The monoisotopic (exact) mass is 267 g/mol. The normalized spacial score (nSPS) is 21.6. The van der Waals surface area contributed by atoms with Crippen molar-refractivity contribution >= 4 is 19.3 Å². The van der Waals surface area contributed by atoms with Gasteiger partial charge in [-0.25, -0.2) is 0 Å². The molecule has 0 fully saturated rings. The minimum atomic E-state index is -0.390. The highest BCUT2D eigenvalue weighted by Crippen LogP contribution is 2.39. The first-order valence-corrected chi connectivity index (χ1v) is 9.65. The van der Waals surface area contributed by atoms with Gasteiger partial charge in [0, 0.05) is 25.6 Å². The highest BCUT2D eigenvalue weighted by atomic mass is 28.2. The van der Waals surface area contributed by atoms with Crippen molar-refractivity contribution in [3.05, 3.63) is 47.2 Å². The molecule has 2 aliphatic carbocycles. The van der Waals surface area contributed by atoms with Gasteiger partial charge >= 0.3 is 0 Å². The lowest BCUT2D eigenvalue weighted by Crippen LogP contribution is -2.18. The van der Waals surface area contributed by atoms with Crippen LogP contribution in [0.4, 0.5) is 0 Å². The molecule has 0 spiro atoms. The van der Waals surface area contributed by atoms with Crippen molar-refractivity contribution in [2.45, 2.75) is 33.4 Å². The maximum absolute atomic E-state index is 4.94. The second-order valence-corrected chi connectivity index (χ2v) is 8.61. The van der Waals surface area contributed by atoms with Gasteiger partial charge in [0.1, 0.15) is 0 Å². The van der Waals surface area contributed by atoms with E-state index in [-0.39, 0.29) is 8.41 Å². The van der Waals surface area contributed by atoms with Gasteiger partial charge < -0.3 is 0 Å². The predicted octanol–water partition coefficient (Wildman–Crippen LogP) is 3.93. The summed E-state index contributed by atoms with van der Waals surface area (Å²) in [5.74, 6) is 0.943. The van der Waals surface area contributed by atoms with Crippen molar-refractivity contribution in [2.75, 3.05) is 0 Å². The van der Waals surface area contributed by atoms with E-state index < -0.39 is 0 Å². The molecule has 0 saturated heterocycles. The average molecular weight is 267 g/mol. The Morgan fingerprint density at radius 3 is 2.47 bits per heavy atom. The van der Waals surface area contributed by atoms with Crippen LogP contribution in [0.25, 0.3) is 0 Å². The lowest BCUT2D eigenvalue weighted by Gasteiger charge is -2.17. The molecule has 0 aromatic rings. The van der Waals surface area contributed by atoms with Crippen molar-refractivity contribution in [3.8, 4) is 0 Å². The van der Waals surface area contributed by atoms with Crippen molar-refractivity contribution in [1.29, 1.82) is 0 Å². The van der Waals surface area contributed by atoms with Gasteiger partial charge in [0.25, 0.3) is 0 Å². The molecule has 1 nitrogen and oxygen atoms in total. The first-order chi connectivity index (χ1) is 9.09. The Morgan fingerprint density at radius 2 is 1.89 bits per heavy atom. The molecule has 0 saturated carbocycles. The lowest BCUT2D eigenvalue weighted by atomic mass is 9.87. The molecule has 0 aromatic carbocycles. The van der Waals surface area contributed by atoms with Gasteiger partial charge in [0.2, 0.25) is 0 Å². The highest BCUT2D eigenvalue weighted by Gasteiger charge is 2.33. The van der Waals surface area contributed by atoms with Crippen LogP contribution in [-0.4, -0.2) is 19.3 Å². The number of nitrogens with zero attached hydrogens (tertiary/aromatic N) is 1. The van der Waals surface area contributed by atoms with Crippen LogP contribution in [0.15, 0.2) is 52.2 Å². The molecule has 0 atom stereocenters. The fourth-order valence-corrected chi connectivity index (χ4v) is 4.41. The van der Waals surface area contributed by atoms with Crippen molar-refractivity contribution < 1.29 is 0 Å². The van der Waals surface area contributed by atoms with Gasteiger partial charge in [0.05, 0.1) is 5.70 Å². The maximum Gasteiger partial charge on any atom is 0.0671 e. The van der Waals surface area contributed by atoms with Crippen LogP contribution in [-0.2, 0) is 0 Å². The molecule has 3 aliphatic rings. The summed E-state index contributed by atoms with van der Waals surface area (Å²) in [7, 11) is -0.390. The summed E-state index contributed by atoms with van der Waals surface area (Å²) < 4.78 is 0. The molecule has 0 amide bonds. The zero-order valence-electron chi connectivity index (χ0n) is 12.2. The minimum Gasteiger partial charge on any atom is -0.253 e. The first-order valence-electron chi connectivity index (χ1n) is 7.15. The van der Waals surface area contributed by atoms with Crippen molar-refractivity contribution in [2.24, 2.45) is 16.8 Å². The molecular formula is C17H21NSi. The van der Waals surface area contributed by atoms with E-state index in [1.807, 2.05) is 0 Å². The first kappa shape index (κ1) is 12.7. The van der Waals surface area contributed by atoms with Gasteiger partial charge in [0.15, 0.2) is 0 Å². The summed E-state index contributed by atoms with van der Waals surface area (Å²) in [6.07, 6.45) is 12.4. The largest absolute Gasteiger partial charge is 0.253 e. The third kappa shape index (κ3) is 1.98. The fraction of sp³-hybridized carbons (Fsp3) is 0.412. The van der Waals surface area contributed by atoms with Crippen LogP contribution in [0, 0.1) is 11.8 Å². The van der Waals surface area contributed by atoms with Crippen LogP contribution < -0.4 is 0 Å². The van der Waals surface area contributed by atoms with Crippen LogP contribution in [0.5, 0.6) is 0 Å². The summed E-state index contributed by atoms with van der Waals surface area (Å²) in [6, 6.07) is 0. The summed E-state index contributed by atoms with van der Waals surface area (Å²) in [5.41, 5.74) is 5.56. The Morgan fingerprint density at radius 1 is 1.21 bits per heavy atom. The highest BCUT2D eigenvalue weighted by molar-refractivity contribution is 6.73. The van der Waals surface area contributed by atoms with E-state index >= 15 is 0 Å². The molecule has 2 heteroatoms. The predicted molar refractivity (Wildman–Crippen MR) is 86.3 cm³/mol. The number of fused-ring (bicyclic) bond motifs is 1. The molecule has 0 N–H and O–H groups in total. The molecule has 98 valence electrons. The molecular weight excluding hydrogens is 246 g/mol. The summed E-state index contributed by atoms with van der Waals surface area (Å²) >= 11 is 0. The van der Waals surface area contributed by atoms with E-state index in [2.05, 4.69) is 57.3 Å². The fourth-order valence-electron chi connectivity index (χ4n) is 3.13. The number of aliphatic imine (C=N–C) groups is 1. The average Bonchev–Trinajstić information content (AvgIpc) is 3.03.